The number of para-hydroxylation sites is 4. The summed E-state index contributed by atoms with van der Waals surface area (Å²) in [6.07, 6.45) is 6.37. The van der Waals surface area contributed by atoms with Crippen molar-refractivity contribution in [3.8, 4) is 27.9 Å². The van der Waals surface area contributed by atoms with E-state index in [9.17, 15) is 0 Å². The molecule has 1 atom stereocenters. The van der Waals surface area contributed by atoms with Gasteiger partial charge in [0.05, 0.1) is 22.1 Å². The Hall–Kier alpha value is -7.42. The normalized spacial score (nSPS) is 16.2. The number of hydrogen-bond acceptors (Lipinski definition) is 1. The van der Waals surface area contributed by atoms with E-state index in [-0.39, 0.29) is 5.41 Å². The van der Waals surface area contributed by atoms with Gasteiger partial charge in [0.2, 0.25) is 0 Å². The molecule has 2 nitrogen and oxygen atoms in total. The summed E-state index contributed by atoms with van der Waals surface area (Å²) in [5.74, 6) is 0. The fourth-order valence-corrected chi connectivity index (χ4v) is 10.5. The Labute approximate surface area is 358 Å². The van der Waals surface area contributed by atoms with Crippen molar-refractivity contribution in [1.82, 2.24) is 4.57 Å². The molecule has 1 aliphatic heterocycles. The zero-order valence-electron chi connectivity index (χ0n) is 34.8. The van der Waals surface area contributed by atoms with Gasteiger partial charge in [-0.2, -0.15) is 0 Å². The first-order valence-electron chi connectivity index (χ1n) is 21.3. The van der Waals surface area contributed by atoms with Crippen molar-refractivity contribution in [3.63, 3.8) is 0 Å². The molecule has 0 radical (unpaired) electrons. The number of rotatable bonds is 7. The van der Waals surface area contributed by atoms with Crippen LogP contribution >= 0.6 is 0 Å². The lowest BCUT2D eigenvalue weighted by Crippen LogP contribution is -2.43. The van der Waals surface area contributed by atoms with Crippen LogP contribution in [0.1, 0.15) is 43.0 Å². The lowest BCUT2D eigenvalue weighted by Gasteiger charge is -2.50. The van der Waals surface area contributed by atoms with Crippen molar-refractivity contribution in [2.45, 2.75) is 31.6 Å². The van der Waals surface area contributed by atoms with Crippen molar-refractivity contribution in [1.29, 1.82) is 0 Å². The smallest absolute Gasteiger partial charge is 0.0745 e. The molecule has 2 heteroatoms. The molecule has 61 heavy (non-hydrogen) atoms. The molecule has 1 aromatic heterocycles. The molecular formula is C59H46N2. The maximum Gasteiger partial charge on any atom is 0.0745 e. The predicted octanol–water partition coefficient (Wildman–Crippen LogP) is 15.6. The minimum absolute atomic E-state index is 0.250. The molecule has 9 aromatic rings. The van der Waals surface area contributed by atoms with E-state index in [2.05, 4.69) is 243 Å². The highest BCUT2D eigenvalue weighted by Crippen LogP contribution is 2.61. The van der Waals surface area contributed by atoms with E-state index in [1.807, 2.05) is 6.08 Å². The molecule has 2 heterocycles. The highest BCUT2D eigenvalue weighted by Gasteiger charge is 2.52. The van der Waals surface area contributed by atoms with Crippen LogP contribution in [-0.2, 0) is 10.8 Å². The number of hydrogen-bond donors (Lipinski definition) is 0. The fourth-order valence-electron chi connectivity index (χ4n) is 10.5. The van der Waals surface area contributed by atoms with E-state index in [1.165, 1.54) is 83.1 Å². The second-order valence-electron chi connectivity index (χ2n) is 17.0. The largest absolute Gasteiger partial charge is 0.311 e. The summed E-state index contributed by atoms with van der Waals surface area (Å²) in [6.45, 7) is 11.3. The Bertz CT molecular complexity index is 3220. The van der Waals surface area contributed by atoms with Crippen molar-refractivity contribution in [2.24, 2.45) is 0 Å². The number of benzene rings is 8. The number of aromatic nitrogens is 1. The summed E-state index contributed by atoms with van der Waals surface area (Å²) >= 11 is 0. The van der Waals surface area contributed by atoms with Crippen molar-refractivity contribution < 1.29 is 0 Å². The third-order valence-electron chi connectivity index (χ3n) is 13.6. The predicted molar refractivity (Wildman–Crippen MR) is 258 cm³/mol. The molecule has 1 unspecified atom stereocenters. The van der Waals surface area contributed by atoms with Crippen LogP contribution in [0.25, 0.3) is 49.7 Å². The minimum atomic E-state index is -0.552. The topological polar surface area (TPSA) is 8.17 Å². The monoisotopic (exact) mass is 782 g/mol. The van der Waals surface area contributed by atoms with Gasteiger partial charge in [0.15, 0.2) is 0 Å². The summed E-state index contributed by atoms with van der Waals surface area (Å²) in [5.41, 5.74) is 19.1. The van der Waals surface area contributed by atoms with Gasteiger partial charge >= 0.3 is 0 Å². The SMILES string of the molecule is C=C/C=C\C1=C(C)C(C)(C)c2cc(-c3ccc(N(c4ccccc4)c4ccc(-c5ccccc5)cc4)cc3)ccc2C12c1ccccc1-n1c3ccccc3c3cccc2c31. The Morgan fingerprint density at radius 2 is 1.05 bits per heavy atom. The van der Waals surface area contributed by atoms with E-state index in [4.69, 9.17) is 0 Å². The molecule has 0 amide bonds. The molecule has 11 rings (SSSR count). The Balaban J connectivity index is 1.08. The first-order valence-corrected chi connectivity index (χ1v) is 21.3. The lowest BCUT2D eigenvalue weighted by molar-refractivity contribution is 0.546. The molecule has 1 spiro atoms. The molecule has 0 saturated heterocycles. The zero-order valence-corrected chi connectivity index (χ0v) is 34.8. The lowest BCUT2D eigenvalue weighted by atomic mass is 9.53. The second kappa shape index (κ2) is 14.1. The minimum Gasteiger partial charge on any atom is -0.311 e. The average molecular weight is 783 g/mol. The van der Waals surface area contributed by atoms with Gasteiger partial charge in [-0.3, -0.25) is 0 Å². The molecule has 2 aliphatic rings. The molecular weight excluding hydrogens is 737 g/mol. The van der Waals surface area contributed by atoms with E-state index in [0.717, 1.165) is 17.1 Å². The van der Waals surface area contributed by atoms with Gasteiger partial charge in [-0.05, 0) is 112 Å². The van der Waals surface area contributed by atoms with Crippen LogP contribution < -0.4 is 4.90 Å². The Kier molecular flexibility index (Phi) is 8.47. The summed E-state index contributed by atoms with van der Waals surface area (Å²) < 4.78 is 2.51. The van der Waals surface area contributed by atoms with E-state index >= 15 is 0 Å². The summed E-state index contributed by atoms with van der Waals surface area (Å²) in [6, 6.07) is 71.4. The highest BCUT2D eigenvalue weighted by molar-refractivity contribution is 6.12. The van der Waals surface area contributed by atoms with Crippen LogP contribution in [-0.4, -0.2) is 4.57 Å². The third kappa shape index (κ3) is 5.42. The Morgan fingerprint density at radius 3 is 1.77 bits per heavy atom. The standard InChI is InChI=1S/C59H46N2/c1-5-6-24-50-40(2)58(3,4)54-39-44(43-31-36-47(37-32-43)60(45-20-11-8-12-21-45)46-34-29-42(30-35-46)41-18-9-7-10-19-41)33-38-51(54)59(50)52-25-14-16-28-56(52)61-55-27-15-13-22-48(55)49-23-17-26-53(59)57(49)61/h5-39H,1H2,2-4H3/b24-6-. The number of nitrogens with zero attached hydrogens (tertiary/aromatic N) is 2. The molecule has 1 aliphatic carbocycles. The van der Waals surface area contributed by atoms with E-state index in [1.54, 1.807) is 0 Å². The van der Waals surface area contributed by atoms with Crippen LogP contribution in [0, 0.1) is 0 Å². The molecule has 0 N–H and O–H groups in total. The van der Waals surface area contributed by atoms with E-state index in [0.29, 0.717) is 0 Å². The van der Waals surface area contributed by atoms with Crippen LogP contribution in [0.4, 0.5) is 17.1 Å². The molecule has 0 saturated carbocycles. The van der Waals surface area contributed by atoms with E-state index < -0.39 is 5.41 Å². The summed E-state index contributed by atoms with van der Waals surface area (Å²) in [5, 5.41) is 2.56. The quantitative estimate of drug-likeness (QED) is 0.146. The third-order valence-corrected chi connectivity index (χ3v) is 13.6. The van der Waals surface area contributed by atoms with Crippen molar-refractivity contribution >= 4 is 38.9 Å². The number of anilines is 3. The number of fused-ring (bicyclic) bond motifs is 9. The maximum absolute atomic E-state index is 4.13. The van der Waals surface area contributed by atoms with Crippen molar-refractivity contribution in [2.75, 3.05) is 4.90 Å². The van der Waals surface area contributed by atoms with Gasteiger partial charge in [-0.15, -0.1) is 0 Å². The first kappa shape index (κ1) is 36.6. The van der Waals surface area contributed by atoms with Crippen LogP contribution in [0.3, 0.4) is 0 Å². The molecule has 292 valence electrons. The Morgan fingerprint density at radius 1 is 0.492 bits per heavy atom. The van der Waals surface area contributed by atoms with Crippen LogP contribution in [0.15, 0.2) is 230 Å². The molecule has 8 aromatic carbocycles. The highest BCUT2D eigenvalue weighted by atomic mass is 15.1. The van der Waals surface area contributed by atoms with Crippen LogP contribution in [0.5, 0.6) is 0 Å². The van der Waals surface area contributed by atoms with Crippen LogP contribution in [0.2, 0.25) is 0 Å². The van der Waals surface area contributed by atoms with Gasteiger partial charge in [0.25, 0.3) is 0 Å². The van der Waals surface area contributed by atoms with Gasteiger partial charge in [-0.1, -0.05) is 184 Å². The van der Waals surface area contributed by atoms with Gasteiger partial charge < -0.3 is 9.47 Å². The molecule has 0 bridgehead atoms. The van der Waals surface area contributed by atoms with Gasteiger partial charge in [0.1, 0.15) is 0 Å². The van der Waals surface area contributed by atoms with Gasteiger partial charge in [-0.25, -0.2) is 0 Å². The van der Waals surface area contributed by atoms with Crippen molar-refractivity contribution in [3.05, 3.63) is 252 Å². The summed E-state index contributed by atoms with van der Waals surface area (Å²) in [4.78, 5) is 2.34. The second-order valence-corrected chi connectivity index (χ2v) is 17.0. The number of allylic oxidation sites excluding steroid dienone is 5. The maximum atomic E-state index is 4.13. The molecule has 0 fully saturated rings. The summed E-state index contributed by atoms with van der Waals surface area (Å²) in [7, 11) is 0. The average Bonchev–Trinajstić information content (AvgIpc) is 3.66. The van der Waals surface area contributed by atoms with Gasteiger partial charge in [0, 0.05) is 33.2 Å². The first-order chi connectivity index (χ1) is 29.9. The fraction of sp³-hybridized carbons (Fsp3) is 0.0847. The zero-order chi connectivity index (χ0) is 41.3.